The molecule has 192 valence electrons. The van der Waals surface area contributed by atoms with Gasteiger partial charge >= 0.3 is 5.97 Å². The number of hydrogen-bond acceptors (Lipinski definition) is 4. The number of pyridine rings is 1. The van der Waals surface area contributed by atoms with Crippen molar-refractivity contribution in [2.45, 2.75) is 31.7 Å². The fraction of sp³-hybridized carbons (Fsp3) is 0.276. The van der Waals surface area contributed by atoms with Crippen LogP contribution < -0.4 is 5.32 Å². The van der Waals surface area contributed by atoms with Gasteiger partial charge in [0.05, 0.1) is 22.7 Å². The van der Waals surface area contributed by atoms with Gasteiger partial charge in [-0.1, -0.05) is 41.9 Å². The Kier molecular flexibility index (Phi) is 6.04. The van der Waals surface area contributed by atoms with Crippen molar-refractivity contribution in [3.05, 3.63) is 70.9 Å². The van der Waals surface area contributed by atoms with Crippen LogP contribution in [0.15, 0.2) is 48.7 Å². The third-order valence-electron chi connectivity index (χ3n) is 8.08. The highest BCUT2D eigenvalue weighted by Crippen LogP contribution is 2.47. The zero-order valence-corrected chi connectivity index (χ0v) is 20.9. The van der Waals surface area contributed by atoms with Crippen molar-refractivity contribution < 1.29 is 18.7 Å². The highest BCUT2D eigenvalue weighted by molar-refractivity contribution is 6.31. The van der Waals surface area contributed by atoms with Crippen LogP contribution in [-0.2, 0) is 4.79 Å². The first-order valence-electron chi connectivity index (χ1n) is 12.5. The lowest BCUT2D eigenvalue weighted by Gasteiger charge is -2.47. The molecule has 0 spiro atoms. The molecule has 0 radical (unpaired) electrons. The van der Waals surface area contributed by atoms with Crippen molar-refractivity contribution >= 4 is 34.3 Å². The van der Waals surface area contributed by atoms with E-state index in [0.717, 1.165) is 25.7 Å². The number of aromatic nitrogens is 2. The van der Waals surface area contributed by atoms with Crippen LogP contribution in [-0.4, -0.2) is 27.1 Å². The first kappa shape index (κ1) is 24.4. The molecule has 3 aliphatic carbocycles. The van der Waals surface area contributed by atoms with Gasteiger partial charge in [0.2, 0.25) is 0 Å². The Morgan fingerprint density at radius 2 is 1.84 bits per heavy atom. The second kappa shape index (κ2) is 9.41. The number of nitriles is 1. The Balaban J connectivity index is 1.58. The van der Waals surface area contributed by atoms with Crippen LogP contribution in [0.1, 0.15) is 31.2 Å². The number of nitrogens with one attached hydrogen (secondary N) is 2. The number of rotatable bonds is 5. The molecule has 3 fully saturated rings. The first-order valence-corrected chi connectivity index (χ1v) is 12.9. The summed E-state index contributed by atoms with van der Waals surface area (Å²) in [7, 11) is 0. The summed E-state index contributed by atoms with van der Waals surface area (Å²) in [4.78, 5) is 19.7. The van der Waals surface area contributed by atoms with Crippen LogP contribution in [0.4, 0.5) is 14.6 Å². The molecule has 0 amide bonds. The molecule has 3 aliphatic rings. The molecule has 2 aromatic carbocycles. The molecule has 3 N–H and O–H groups in total. The van der Waals surface area contributed by atoms with E-state index in [1.54, 1.807) is 36.4 Å². The average Bonchev–Trinajstić information content (AvgIpc) is 3.34. The van der Waals surface area contributed by atoms with Gasteiger partial charge in [-0.15, -0.1) is 0 Å². The van der Waals surface area contributed by atoms with E-state index in [1.165, 1.54) is 12.3 Å². The van der Waals surface area contributed by atoms with E-state index in [2.05, 4.69) is 21.4 Å². The minimum atomic E-state index is -0.906. The van der Waals surface area contributed by atoms with E-state index in [1.807, 2.05) is 0 Å². The van der Waals surface area contributed by atoms with Crippen molar-refractivity contribution in [2.24, 2.45) is 17.8 Å². The Bertz CT molecular complexity index is 1610. The Morgan fingerprint density at radius 1 is 1.13 bits per heavy atom. The number of carbonyl (C=O) groups is 1. The molecular formula is C29H23ClF2N4O2. The number of nitrogens with zero attached hydrogens (tertiary/aromatic N) is 2. The third-order valence-corrected chi connectivity index (χ3v) is 8.30. The minimum Gasteiger partial charge on any atom is -0.481 e. The molecule has 0 saturated heterocycles. The second-order valence-electron chi connectivity index (χ2n) is 10.1. The number of hydrogen-bond donors (Lipinski definition) is 3. The number of halogens is 3. The van der Waals surface area contributed by atoms with Crippen LogP contribution in [0, 0.1) is 40.7 Å². The topological polar surface area (TPSA) is 102 Å². The van der Waals surface area contributed by atoms with Crippen LogP contribution in [0.5, 0.6) is 0 Å². The highest BCUT2D eigenvalue weighted by Gasteiger charge is 2.47. The van der Waals surface area contributed by atoms with Gasteiger partial charge in [-0.2, -0.15) is 5.26 Å². The summed E-state index contributed by atoms with van der Waals surface area (Å²) in [6.07, 6.45) is 4.92. The van der Waals surface area contributed by atoms with Gasteiger partial charge in [0, 0.05) is 33.8 Å². The lowest BCUT2D eigenvalue weighted by molar-refractivity contribution is -0.148. The number of carboxylic acid groups (broad SMARTS) is 1. The van der Waals surface area contributed by atoms with Gasteiger partial charge in [-0.05, 0) is 55.2 Å². The summed E-state index contributed by atoms with van der Waals surface area (Å²) in [5.74, 6) is -2.90. The number of aliphatic carboxylic acids is 1. The summed E-state index contributed by atoms with van der Waals surface area (Å²) in [6, 6.07) is 13.0. The number of benzene rings is 2. The van der Waals surface area contributed by atoms with Crippen LogP contribution >= 0.6 is 11.6 Å². The average molecular weight is 533 g/mol. The minimum absolute atomic E-state index is 0.0134. The molecular weight excluding hydrogens is 510 g/mol. The van der Waals surface area contributed by atoms with Gasteiger partial charge in [0.1, 0.15) is 11.9 Å². The van der Waals surface area contributed by atoms with E-state index >= 15 is 4.39 Å². The molecule has 0 aliphatic heterocycles. The number of anilines is 1. The monoisotopic (exact) mass is 532 g/mol. The first-order chi connectivity index (χ1) is 18.4. The Labute approximate surface area is 222 Å². The third kappa shape index (κ3) is 3.89. The predicted molar refractivity (Wildman–Crippen MR) is 141 cm³/mol. The van der Waals surface area contributed by atoms with Crippen molar-refractivity contribution in [1.29, 1.82) is 5.26 Å². The SMILES string of the molecule is N#Cc1c(-c2c[nH]c3c(F)cc(Cl)cc23)nc(NC2C3CCC(CC3)C2C(=O)O)c(F)c1-c1ccccc1. The maximum Gasteiger partial charge on any atom is 0.308 e. The summed E-state index contributed by atoms with van der Waals surface area (Å²) in [6.45, 7) is 0. The van der Waals surface area contributed by atoms with E-state index < -0.39 is 29.6 Å². The molecule has 9 heteroatoms. The molecule has 6 nitrogen and oxygen atoms in total. The molecule has 2 unspecified atom stereocenters. The highest BCUT2D eigenvalue weighted by atomic mass is 35.5. The number of aromatic amines is 1. The van der Waals surface area contributed by atoms with Gasteiger partial charge in [-0.3, -0.25) is 4.79 Å². The van der Waals surface area contributed by atoms with Gasteiger partial charge < -0.3 is 15.4 Å². The standard InChI is InChI=1S/C29H23ClF2N4O2/c30-17-10-18-20(13-34-27(18)21(31)11-17)26-19(12-33)22(14-4-2-1-3-5-14)24(32)28(36-26)35-25-16-8-6-15(7-9-16)23(25)29(37)38/h1-5,10-11,13,15-16,23,25,34H,6-9H2,(H,35,36)(H,37,38). The maximum atomic E-state index is 16.3. The largest absolute Gasteiger partial charge is 0.481 e. The fourth-order valence-corrected chi connectivity index (χ4v) is 6.56. The summed E-state index contributed by atoms with van der Waals surface area (Å²) < 4.78 is 30.9. The summed E-state index contributed by atoms with van der Waals surface area (Å²) >= 11 is 6.14. The van der Waals surface area contributed by atoms with Crippen molar-refractivity contribution in [1.82, 2.24) is 9.97 Å². The second-order valence-corrected chi connectivity index (χ2v) is 10.5. The molecule has 38 heavy (non-hydrogen) atoms. The zero-order chi connectivity index (χ0) is 26.6. The van der Waals surface area contributed by atoms with Gasteiger partial charge in [-0.25, -0.2) is 13.8 Å². The molecule has 2 heterocycles. The Morgan fingerprint density at radius 3 is 2.53 bits per heavy atom. The van der Waals surface area contributed by atoms with E-state index in [4.69, 9.17) is 11.6 Å². The van der Waals surface area contributed by atoms with Crippen molar-refractivity contribution in [3.8, 4) is 28.5 Å². The molecule has 7 rings (SSSR count). The normalized spacial score (nSPS) is 22.4. The lowest BCUT2D eigenvalue weighted by Crippen LogP contribution is -2.51. The molecule has 4 aromatic rings. The van der Waals surface area contributed by atoms with Gasteiger partial charge in [0.25, 0.3) is 0 Å². The predicted octanol–water partition coefficient (Wildman–Crippen LogP) is 7.00. The number of carboxylic acids is 1. The van der Waals surface area contributed by atoms with E-state index in [0.29, 0.717) is 16.5 Å². The van der Waals surface area contributed by atoms with Crippen molar-refractivity contribution in [2.75, 3.05) is 5.32 Å². The zero-order valence-electron chi connectivity index (χ0n) is 20.1. The van der Waals surface area contributed by atoms with Crippen molar-refractivity contribution in [3.63, 3.8) is 0 Å². The smallest absolute Gasteiger partial charge is 0.308 e. The quantitative estimate of drug-likeness (QED) is 0.257. The molecule has 2 aromatic heterocycles. The van der Waals surface area contributed by atoms with Crippen LogP contribution in [0.2, 0.25) is 5.02 Å². The summed E-state index contributed by atoms with van der Waals surface area (Å²) in [5, 5.41) is 24.0. The number of fused-ring (bicyclic) bond motifs is 4. The van der Waals surface area contributed by atoms with E-state index in [9.17, 15) is 19.6 Å². The number of H-pyrrole nitrogens is 1. The maximum absolute atomic E-state index is 16.3. The van der Waals surface area contributed by atoms with Crippen LogP contribution in [0.3, 0.4) is 0 Å². The fourth-order valence-electron chi connectivity index (χ4n) is 6.36. The van der Waals surface area contributed by atoms with Crippen LogP contribution in [0.25, 0.3) is 33.3 Å². The lowest BCUT2D eigenvalue weighted by atomic mass is 9.61. The molecule has 3 saturated carbocycles. The van der Waals surface area contributed by atoms with Gasteiger partial charge in [0.15, 0.2) is 11.6 Å². The summed E-state index contributed by atoms with van der Waals surface area (Å²) in [5.41, 5.74) is 1.22. The molecule has 2 atom stereocenters. The van der Waals surface area contributed by atoms with E-state index in [-0.39, 0.29) is 45.0 Å². The molecule has 2 bridgehead atoms. The Hall–Kier alpha value is -3.96.